The van der Waals surface area contributed by atoms with E-state index in [9.17, 15) is 13.6 Å². The minimum absolute atomic E-state index is 0. The fourth-order valence-electron chi connectivity index (χ4n) is 5.45. The monoisotopic (exact) mass is 527 g/mol. The summed E-state index contributed by atoms with van der Waals surface area (Å²) in [6.45, 7) is 1.10. The number of aromatic nitrogens is 1. The summed E-state index contributed by atoms with van der Waals surface area (Å²) in [6, 6.07) is 8.34. The molecule has 0 atom stereocenters. The van der Waals surface area contributed by atoms with E-state index in [0.717, 1.165) is 73.7 Å². The lowest BCUT2D eigenvalue weighted by Crippen LogP contribution is -2.42. The lowest BCUT2D eigenvalue weighted by atomic mass is 9.90. The summed E-state index contributed by atoms with van der Waals surface area (Å²) >= 11 is 0. The van der Waals surface area contributed by atoms with Gasteiger partial charge in [-0.15, -0.1) is 12.4 Å². The van der Waals surface area contributed by atoms with Gasteiger partial charge in [0, 0.05) is 41.3 Å². The van der Waals surface area contributed by atoms with Crippen molar-refractivity contribution in [2.75, 3.05) is 13.2 Å². The number of aromatic amines is 1. The van der Waals surface area contributed by atoms with Crippen LogP contribution in [0.25, 0.3) is 17.0 Å². The molecule has 3 aromatic rings. The number of benzene rings is 2. The highest BCUT2D eigenvalue weighted by molar-refractivity contribution is 5.99. The SMILES string of the molecule is Cl.O=C(NC1CCC1)c1ccc(F)c2c1C=C(N(CCCc1c[nH]c3ccc(F)cc13)C1CCC1)CO2. The van der Waals surface area contributed by atoms with E-state index >= 15 is 0 Å². The number of amides is 1. The minimum atomic E-state index is -0.442. The molecule has 1 aliphatic heterocycles. The van der Waals surface area contributed by atoms with Crippen LogP contribution in [0.2, 0.25) is 0 Å². The van der Waals surface area contributed by atoms with E-state index in [1.807, 2.05) is 12.3 Å². The molecule has 5 nitrogen and oxygen atoms in total. The summed E-state index contributed by atoms with van der Waals surface area (Å²) in [7, 11) is 0. The lowest BCUT2D eigenvalue weighted by Gasteiger charge is -2.41. The van der Waals surface area contributed by atoms with E-state index < -0.39 is 5.82 Å². The number of carbonyl (C=O) groups excluding carboxylic acids is 1. The Hall–Kier alpha value is -3.06. The minimum Gasteiger partial charge on any atom is -0.484 e. The standard InChI is InChI=1S/C29H31F2N3O2.ClH/c30-19-9-12-27-24(14-19)18(16-32-27)4-3-13-34(21-7-2-8-21)22-15-25-23(29(35)33-20-5-1-6-20)10-11-26(31)28(25)36-17-22;/h9-12,14-16,20-21,32H,1-8,13,17H2,(H,33,35);1H. The Morgan fingerprint density at radius 3 is 2.65 bits per heavy atom. The van der Waals surface area contributed by atoms with Gasteiger partial charge in [-0.2, -0.15) is 0 Å². The van der Waals surface area contributed by atoms with E-state index in [4.69, 9.17) is 4.74 Å². The molecule has 0 unspecified atom stereocenters. The van der Waals surface area contributed by atoms with Gasteiger partial charge in [-0.3, -0.25) is 4.79 Å². The Kier molecular flexibility index (Phi) is 7.43. The number of hydrogen-bond donors (Lipinski definition) is 2. The third-order valence-electron chi connectivity index (χ3n) is 7.97. The van der Waals surface area contributed by atoms with Crippen molar-refractivity contribution >= 4 is 35.3 Å². The highest BCUT2D eigenvalue weighted by Crippen LogP contribution is 2.36. The van der Waals surface area contributed by atoms with Gasteiger partial charge in [0.2, 0.25) is 0 Å². The predicted molar refractivity (Wildman–Crippen MR) is 143 cm³/mol. The predicted octanol–water partition coefficient (Wildman–Crippen LogP) is 6.37. The number of aryl methyl sites for hydroxylation is 1. The maximum absolute atomic E-state index is 14.6. The van der Waals surface area contributed by atoms with Gasteiger partial charge in [-0.05, 0) is 93.3 Å². The van der Waals surface area contributed by atoms with Gasteiger partial charge in [0.25, 0.3) is 5.91 Å². The van der Waals surface area contributed by atoms with Crippen molar-refractivity contribution in [3.8, 4) is 5.75 Å². The second-order valence-electron chi connectivity index (χ2n) is 10.2. The Morgan fingerprint density at radius 1 is 1.11 bits per heavy atom. The van der Waals surface area contributed by atoms with E-state index in [1.165, 1.54) is 18.6 Å². The largest absolute Gasteiger partial charge is 0.484 e. The molecule has 2 aliphatic carbocycles. The Balaban J connectivity index is 0.00000280. The maximum atomic E-state index is 14.6. The second-order valence-corrected chi connectivity index (χ2v) is 10.2. The topological polar surface area (TPSA) is 57.4 Å². The van der Waals surface area contributed by atoms with Crippen LogP contribution in [0, 0.1) is 11.6 Å². The lowest BCUT2D eigenvalue weighted by molar-refractivity contribution is 0.0915. The maximum Gasteiger partial charge on any atom is 0.252 e. The van der Waals surface area contributed by atoms with E-state index in [1.54, 1.807) is 18.2 Å². The highest BCUT2D eigenvalue weighted by Gasteiger charge is 2.31. The summed E-state index contributed by atoms with van der Waals surface area (Å²) in [6.07, 6.45) is 12.2. The van der Waals surface area contributed by atoms with Crippen LogP contribution in [0.1, 0.15) is 66.4 Å². The number of fused-ring (bicyclic) bond motifs is 2. The summed E-state index contributed by atoms with van der Waals surface area (Å²) in [5.41, 5.74) is 4.03. The van der Waals surface area contributed by atoms with Crippen LogP contribution in [0.15, 0.2) is 42.2 Å². The number of nitrogens with zero attached hydrogens (tertiary/aromatic N) is 1. The van der Waals surface area contributed by atoms with E-state index in [-0.39, 0.29) is 42.5 Å². The molecule has 2 fully saturated rings. The van der Waals surface area contributed by atoms with Crippen LogP contribution < -0.4 is 10.1 Å². The van der Waals surface area contributed by atoms with Crippen LogP contribution in [-0.2, 0) is 6.42 Å². The zero-order valence-electron chi connectivity index (χ0n) is 20.7. The van der Waals surface area contributed by atoms with Crippen LogP contribution >= 0.6 is 12.4 Å². The first kappa shape index (κ1) is 25.6. The Bertz CT molecular complexity index is 1330. The van der Waals surface area contributed by atoms with Crippen LogP contribution in [0.3, 0.4) is 0 Å². The van der Waals surface area contributed by atoms with Crippen LogP contribution in [-0.4, -0.2) is 41.0 Å². The number of hydrogen-bond acceptors (Lipinski definition) is 3. The number of ether oxygens (including phenoxy) is 1. The Morgan fingerprint density at radius 2 is 1.92 bits per heavy atom. The van der Waals surface area contributed by atoms with Crippen molar-refractivity contribution in [2.45, 2.75) is 63.5 Å². The van der Waals surface area contributed by atoms with Crippen molar-refractivity contribution in [3.63, 3.8) is 0 Å². The van der Waals surface area contributed by atoms with Crippen molar-refractivity contribution in [1.29, 1.82) is 0 Å². The summed E-state index contributed by atoms with van der Waals surface area (Å²) < 4.78 is 34.3. The fraction of sp³-hybridized carbons (Fsp3) is 0.414. The van der Waals surface area contributed by atoms with Gasteiger partial charge in [0.15, 0.2) is 11.6 Å². The summed E-state index contributed by atoms with van der Waals surface area (Å²) in [4.78, 5) is 18.6. The molecule has 1 aromatic heterocycles. The molecule has 2 N–H and O–H groups in total. The van der Waals surface area contributed by atoms with E-state index in [0.29, 0.717) is 17.2 Å². The van der Waals surface area contributed by atoms with Gasteiger partial charge in [-0.1, -0.05) is 0 Å². The van der Waals surface area contributed by atoms with Crippen LogP contribution in [0.4, 0.5) is 8.78 Å². The van der Waals surface area contributed by atoms with Crippen molar-refractivity contribution in [3.05, 3.63) is 70.6 Å². The van der Waals surface area contributed by atoms with Gasteiger partial charge >= 0.3 is 0 Å². The first-order valence-electron chi connectivity index (χ1n) is 13.1. The highest BCUT2D eigenvalue weighted by atomic mass is 35.5. The molecular formula is C29H32ClF2N3O2. The molecular weight excluding hydrogens is 496 g/mol. The van der Waals surface area contributed by atoms with Gasteiger partial charge in [-0.25, -0.2) is 8.78 Å². The Labute approximate surface area is 221 Å². The molecule has 8 heteroatoms. The third-order valence-corrected chi connectivity index (χ3v) is 7.97. The van der Waals surface area contributed by atoms with E-state index in [2.05, 4.69) is 15.2 Å². The van der Waals surface area contributed by atoms with Gasteiger partial charge in [0.1, 0.15) is 12.4 Å². The quantitative estimate of drug-likeness (QED) is 0.358. The molecule has 6 rings (SSSR count). The third kappa shape index (κ3) is 5.06. The fourth-order valence-corrected chi connectivity index (χ4v) is 5.45. The molecule has 3 aliphatic rings. The molecule has 0 bridgehead atoms. The summed E-state index contributed by atoms with van der Waals surface area (Å²) in [5.74, 6) is -0.678. The smallest absolute Gasteiger partial charge is 0.252 e. The number of carbonyl (C=O) groups is 1. The number of nitrogens with one attached hydrogen (secondary N) is 2. The molecule has 2 aromatic carbocycles. The average molecular weight is 528 g/mol. The molecule has 0 spiro atoms. The van der Waals surface area contributed by atoms with Crippen molar-refractivity contribution in [1.82, 2.24) is 15.2 Å². The molecule has 0 saturated heterocycles. The zero-order chi connectivity index (χ0) is 24.6. The van der Waals surface area contributed by atoms with Crippen molar-refractivity contribution in [2.24, 2.45) is 0 Å². The number of H-pyrrole nitrogens is 1. The first-order valence-corrected chi connectivity index (χ1v) is 13.1. The zero-order valence-corrected chi connectivity index (χ0v) is 21.5. The normalized spacial score (nSPS) is 17.1. The first-order chi connectivity index (χ1) is 17.6. The molecule has 0 radical (unpaired) electrons. The molecule has 2 saturated carbocycles. The number of halogens is 3. The second kappa shape index (κ2) is 10.7. The molecule has 37 heavy (non-hydrogen) atoms. The number of rotatable bonds is 8. The summed E-state index contributed by atoms with van der Waals surface area (Å²) in [5, 5.41) is 4.00. The molecule has 196 valence electrons. The van der Waals surface area contributed by atoms with Crippen LogP contribution in [0.5, 0.6) is 5.75 Å². The van der Waals surface area contributed by atoms with Gasteiger partial charge < -0.3 is 19.9 Å². The molecule has 2 heterocycles. The van der Waals surface area contributed by atoms with Gasteiger partial charge in [0.05, 0.1) is 11.3 Å². The average Bonchev–Trinajstić information content (AvgIpc) is 3.21. The van der Waals surface area contributed by atoms with Crippen molar-refractivity contribution < 1.29 is 18.3 Å². The molecule has 1 amide bonds.